The SMILES string of the molecule is Nc1ccc(NC2CCCCCC2O)nn1. The van der Waals surface area contributed by atoms with Crippen LogP contribution in [0.3, 0.4) is 0 Å². The second kappa shape index (κ2) is 5.12. The van der Waals surface area contributed by atoms with Gasteiger partial charge in [0.2, 0.25) is 0 Å². The van der Waals surface area contributed by atoms with Crippen LogP contribution >= 0.6 is 0 Å². The van der Waals surface area contributed by atoms with E-state index in [9.17, 15) is 5.11 Å². The molecule has 2 unspecified atom stereocenters. The molecule has 1 aromatic heterocycles. The maximum atomic E-state index is 9.93. The molecule has 0 aliphatic heterocycles. The lowest BCUT2D eigenvalue weighted by atomic mass is 10.1. The van der Waals surface area contributed by atoms with Crippen LogP contribution in [0.5, 0.6) is 0 Å². The van der Waals surface area contributed by atoms with Gasteiger partial charge in [-0.3, -0.25) is 0 Å². The second-order valence-corrected chi connectivity index (χ2v) is 4.30. The van der Waals surface area contributed by atoms with E-state index in [1.807, 2.05) is 0 Å². The fourth-order valence-electron chi connectivity index (χ4n) is 2.07. The molecule has 0 amide bonds. The van der Waals surface area contributed by atoms with E-state index >= 15 is 0 Å². The van der Waals surface area contributed by atoms with Gasteiger partial charge in [0.15, 0.2) is 0 Å². The monoisotopic (exact) mass is 222 g/mol. The Labute approximate surface area is 95.1 Å². The molecule has 1 fully saturated rings. The maximum absolute atomic E-state index is 9.93. The minimum absolute atomic E-state index is 0.0837. The molecule has 0 radical (unpaired) electrons. The second-order valence-electron chi connectivity index (χ2n) is 4.30. The highest BCUT2D eigenvalue weighted by Crippen LogP contribution is 2.20. The summed E-state index contributed by atoms with van der Waals surface area (Å²) in [6, 6.07) is 3.58. The zero-order chi connectivity index (χ0) is 11.4. The van der Waals surface area contributed by atoms with Crippen LogP contribution < -0.4 is 11.1 Å². The maximum Gasteiger partial charge on any atom is 0.149 e. The van der Waals surface area contributed by atoms with Gasteiger partial charge in [0, 0.05) is 0 Å². The minimum atomic E-state index is -0.290. The summed E-state index contributed by atoms with van der Waals surface area (Å²) in [5.74, 6) is 1.09. The third kappa shape index (κ3) is 2.82. The molecule has 88 valence electrons. The first-order valence-electron chi connectivity index (χ1n) is 5.79. The van der Waals surface area contributed by atoms with E-state index in [2.05, 4.69) is 15.5 Å². The van der Waals surface area contributed by atoms with Crippen molar-refractivity contribution in [2.24, 2.45) is 0 Å². The Hall–Kier alpha value is -1.36. The molecule has 16 heavy (non-hydrogen) atoms. The van der Waals surface area contributed by atoms with E-state index in [4.69, 9.17) is 5.73 Å². The molecule has 1 aliphatic carbocycles. The van der Waals surface area contributed by atoms with Gasteiger partial charge in [-0.1, -0.05) is 19.3 Å². The number of aromatic nitrogens is 2. The van der Waals surface area contributed by atoms with E-state index in [1.54, 1.807) is 12.1 Å². The Morgan fingerprint density at radius 2 is 2.00 bits per heavy atom. The van der Waals surface area contributed by atoms with E-state index in [0.717, 1.165) is 25.7 Å². The van der Waals surface area contributed by atoms with Gasteiger partial charge in [0.25, 0.3) is 0 Å². The summed E-state index contributed by atoms with van der Waals surface area (Å²) in [5, 5.41) is 20.9. The van der Waals surface area contributed by atoms with Gasteiger partial charge in [-0.25, -0.2) is 0 Å². The number of rotatable bonds is 2. The van der Waals surface area contributed by atoms with Crippen molar-refractivity contribution in [3.8, 4) is 0 Å². The number of hydrogen-bond donors (Lipinski definition) is 3. The fourth-order valence-corrected chi connectivity index (χ4v) is 2.07. The molecule has 4 N–H and O–H groups in total. The van der Waals surface area contributed by atoms with Gasteiger partial charge in [0.05, 0.1) is 12.1 Å². The largest absolute Gasteiger partial charge is 0.391 e. The number of nitrogens with zero attached hydrogens (tertiary/aromatic N) is 2. The highest BCUT2D eigenvalue weighted by Gasteiger charge is 2.21. The van der Waals surface area contributed by atoms with Gasteiger partial charge in [-0.15, -0.1) is 10.2 Å². The predicted octanol–water partition coefficient (Wildman–Crippen LogP) is 1.16. The molecule has 5 nitrogen and oxygen atoms in total. The standard InChI is InChI=1S/C11H18N4O/c12-10-6-7-11(15-14-10)13-8-4-2-1-3-5-9(8)16/h6-9,16H,1-5H2,(H2,12,14)(H,13,15). The molecular formula is C11H18N4O. The molecule has 1 aliphatic rings. The zero-order valence-electron chi connectivity index (χ0n) is 9.26. The van der Waals surface area contributed by atoms with Crippen LogP contribution in [0.2, 0.25) is 0 Å². The smallest absolute Gasteiger partial charge is 0.149 e. The summed E-state index contributed by atoms with van der Waals surface area (Å²) in [6.07, 6.45) is 5.00. The van der Waals surface area contributed by atoms with Crippen molar-refractivity contribution in [2.75, 3.05) is 11.1 Å². The van der Waals surface area contributed by atoms with Crippen molar-refractivity contribution < 1.29 is 5.11 Å². The molecule has 0 bridgehead atoms. The number of aliphatic hydroxyl groups is 1. The Morgan fingerprint density at radius 1 is 1.19 bits per heavy atom. The molecule has 0 saturated heterocycles. The lowest BCUT2D eigenvalue weighted by molar-refractivity contribution is 0.144. The third-order valence-corrected chi connectivity index (χ3v) is 3.00. The molecule has 1 heterocycles. The molecule has 2 atom stereocenters. The quantitative estimate of drug-likeness (QED) is 0.654. The van der Waals surface area contributed by atoms with Crippen LogP contribution in [0.4, 0.5) is 11.6 Å². The van der Waals surface area contributed by atoms with Gasteiger partial charge in [0.1, 0.15) is 11.6 Å². The average molecular weight is 222 g/mol. The molecule has 0 spiro atoms. The average Bonchev–Trinajstić information content (AvgIpc) is 2.48. The van der Waals surface area contributed by atoms with Crippen molar-refractivity contribution in [3.63, 3.8) is 0 Å². The summed E-state index contributed by atoms with van der Waals surface area (Å²) < 4.78 is 0. The van der Waals surface area contributed by atoms with Crippen molar-refractivity contribution in [3.05, 3.63) is 12.1 Å². The van der Waals surface area contributed by atoms with E-state index < -0.39 is 0 Å². The first-order chi connectivity index (χ1) is 7.75. The van der Waals surface area contributed by atoms with Crippen molar-refractivity contribution in [1.82, 2.24) is 10.2 Å². The number of nitrogens with two attached hydrogens (primary N) is 1. The van der Waals surface area contributed by atoms with Gasteiger partial charge in [-0.2, -0.15) is 0 Å². The first-order valence-corrected chi connectivity index (χ1v) is 5.79. The van der Waals surface area contributed by atoms with Crippen LogP contribution in [0.25, 0.3) is 0 Å². The van der Waals surface area contributed by atoms with Crippen LogP contribution in [0.15, 0.2) is 12.1 Å². The van der Waals surface area contributed by atoms with Gasteiger partial charge < -0.3 is 16.2 Å². The number of anilines is 2. The van der Waals surface area contributed by atoms with Crippen LogP contribution in [-0.4, -0.2) is 27.4 Å². The summed E-state index contributed by atoms with van der Waals surface area (Å²) in [6.45, 7) is 0. The van der Waals surface area contributed by atoms with Crippen LogP contribution in [0.1, 0.15) is 32.1 Å². The minimum Gasteiger partial charge on any atom is -0.391 e. The van der Waals surface area contributed by atoms with Crippen LogP contribution in [-0.2, 0) is 0 Å². The highest BCUT2D eigenvalue weighted by atomic mass is 16.3. The van der Waals surface area contributed by atoms with Crippen molar-refractivity contribution in [1.29, 1.82) is 0 Å². The fraction of sp³-hybridized carbons (Fsp3) is 0.636. The Bertz CT molecular complexity index is 327. The Balaban J connectivity index is 1.99. The third-order valence-electron chi connectivity index (χ3n) is 3.00. The number of nitrogen functional groups attached to an aromatic ring is 1. The summed E-state index contributed by atoms with van der Waals surface area (Å²) in [7, 11) is 0. The molecule has 2 rings (SSSR count). The lowest BCUT2D eigenvalue weighted by Crippen LogP contribution is -2.32. The lowest BCUT2D eigenvalue weighted by Gasteiger charge is -2.21. The van der Waals surface area contributed by atoms with Crippen molar-refractivity contribution >= 4 is 11.6 Å². The number of aliphatic hydroxyl groups excluding tert-OH is 1. The van der Waals surface area contributed by atoms with Gasteiger partial charge in [-0.05, 0) is 25.0 Å². The normalized spacial score (nSPS) is 26.1. The molecular weight excluding hydrogens is 204 g/mol. The zero-order valence-corrected chi connectivity index (χ0v) is 9.26. The Kier molecular flexibility index (Phi) is 3.56. The summed E-state index contributed by atoms with van der Waals surface area (Å²) >= 11 is 0. The van der Waals surface area contributed by atoms with E-state index in [1.165, 1.54) is 6.42 Å². The van der Waals surface area contributed by atoms with E-state index in [-0.39, 0.29) is 12.1 Å². The van der Waals surface area contributed by atoms with Crippen molar-refractivity contribution in [2.45, 2.75) is 44.2 Å². The number of nitrogens with one attached hydrogen (secondary N) is 1. The predicted molar refractivity (Wildman–Crippen MR) is 62.9 cm³/mol. The van der Waals surface area contributed by atoms with E-state index in [0.29, 0.717) is 11.6 Å². The molecule has 1 aromatic rings. The molecule has 0 aromatic carbocycles. The highest BCUT2D eigenvalue weighted by molar-refractivity contribution is 5.39. The van der Waals surface area contributed by atoms with Gasteiger partial charge >= 0.3 is 0 Å². The Morgan fingerprint density at radius 3 is 2.75 bits per heavy atom. The van der Waals surface area contributed by atoms with Crippen LogP contribution in [0, 0.1) is 0 Å². The molecule has 1 saturated carbocycles. The molecule has 5 heteroatoms. The first kappa shape index (κ1) is 11.1. The summed E-state index contributed by atoms with van der Waals surface area (Å²) in [5.41, 5.74) is 5.46. The number of hydrogen-bond acceptors (Lipinski definition) is 5. The summed E-state index contributed by atoms with van der Waals surface area (Å²) in [4.78, 5) is 0. The topological polar surface area (TPSA) is 84.1 Å².